The predicted molar refractivity (Wildman–Crippen MR) is 106 cm³/mol. The van der Waals surface area contributed by atoms with Gasteiger partial charge in [-0.3, -0.25) is 4.79 Å². The molecule has 0 aromatic heterocycles. The van der Waals surface area contributed by atoms with Crippen LogP contribution in [-0.2, 0) is 26.1 Å². The molecule has 0 aliphatic rings. The Morgan fingerprint density at radius 1 is 1.35 bits per heavy atom. The van der Waals surface area contributed by atoms with E-state index in [1.165, 1.54) is 11.4 Å². The molecule has 0 unspecified atom stereocenters. The van der Waals surface area contributed by atoms with E-state index in [1.54, 1.807) is 13.8 Å². The normalized spacial score (nSPS) is 12.8. The highest BCUT2D eigenvalue weighted by Gasteiger charge is 2.37. The average Bonchev–Trinajstić information content (AvgIpc) is 2.59. The maximum atomic E-state index is 12.9. The number of halogens is 1. The van der Waals surface area contributed by atoms with Gasteiger partial charge in [-0.1, -0.05) is 47.8 Å². The minimum Gasteiger partial charge on any atom is -0.468 e. The molecule has 1 aromatic rings. The van der Waals surface area contributed by atoms with E-state index >= 15 is 0 Å². The Morgan fingerprint density at radius 2 is 1.96 bits per heavy atom. The lowest BCUT2D eigenvalue weighted by Crippen LogP contribution is -2.49. The van der Waals surface area contributed by atoms with Gasteiger partial charge in [0.25, 0.3) is 0 Å². The van der Waals surface area contributed by atoms with Crippen LogP contribution in [0.15, 0.2) is 28.7 Å². The van der Waals surface area contributed by atoms with Crippen molar-refractivity contribution in [2.24, 2.45) is 5.92 Å². The zero-order valence-corrected chi connectivity index (χ0v) is 17.6. The largest absolute Gasteiger partial charge is 0.468 e. The van der Waals surface area contributed by atoms with Crippen LogP contribution in [0.1, 0.15) is 19.4 Å². The lowest BCUT2D eigenvalue weighted by atomic mass is 10.0. The molecule has 0 bridgehead atoms. The number of terminal acetylenes is 1. The lowest BCUT2D eigenvalue weighted by Gasteiger charge is -2.31. The summed E-state index contributed by atoms with van der Waals surface area (Å²) in [4.78, 5) is 12.3. The number of hydrogen-bond acceptors (Lipinski definition) is 5. The Bertz CT molecular complexity index is 727. The van der Waals surface area contributed by atoms with E-state index in [0.29, 0.717) is 0 Å². The van der Waals surface area contributed by atoms with Crippen molar-refractivity contribution < 1.29 is 17.9 Å². The second-order valence-corrected chi connectivity index (χ2v) is 9.04. The van der Waals surface area contributed by atoms with Gasteiger partial charge in [0.1, 0.15) is 6.04 Å². The zero-order chi connectivity index (χ0) is 19.7. The molecule has 0 heterocycles. The SMILES string of the molecule is C#CCNCCS(=O)(=O)N(Cc1ccc(Br)cc1)[C@H](C(=O)OC)C(C)C. The van der Waals surface area contributed by atoms with Gasteiger partial charge in [0, 0.05) is 17.6 Å². The van der Waals surface area contributed by atoms with Gasteiger partial charge in [-0.2, -0.15) is 4.31 Å². The van der Waals surface area contributed by atoms with Gasteiger partial charge in [-0.05, 0) is 23.6 Å². The average molecular weight is 445 g/mol. The third kappa shape index (κ3) is 6.72. The number of methoxy groups -OCH3 is 1. The standard InChI is InChI=1S/C18H25BrN2O4S/c1-5-10-20-11-12-26(23,24)21(17(14(2)3)18(22)25-4)13-15-6-8-16(19)9-7-15/h1,6-9,14,17,20H,10-13H2,2-4H3/t17-/m0/s1. The van der Waals surface area contributed by atoms with Crippen LogP contribution < -0.4 is 5.32 Å². The number of rotatable bonds is 10. The van der Waals surface area contributed by atoms with Gasteiger partial charge < -0.3 is 10.1 Å². The van der Waals surface area contributed by atoms with Crippen molar-refractivity contribution in [2.45, 2.75) is 26.4 Å². The summed E-state index contributed by atoms with van der Waals surface area (Å²) < 4.78 is 32.9. The number of carbonyl (C=O) groups is 1. The van der Waals surface area contributed by atoms with Crippen LogP contribution in [0.25, 0.3) is 0 Å². The molecule has 8 heteroatoms. The van der Waals surface area contributed by atoms with Gasteiger partial charge in [-0.15, -0.1) is 6.42 Å². The van der Waals surface area contributed by atoms with Crippen LogP contribution in [0.4, 0.5) is 0 Å². The van der Waals surface area contributed by atoms with Crippen molar-refractivity contribution in [1.29, 1.82) is 0 Å². The van der Waals surface area contributed by atoms with Crippen molar-refractivity contribution in [3.8, 4) is 12.3 Å². The maximum Gasteiger partial charge on any atom is 0.324 e. The first-order chi connectivity index (χ1) is 12.2. The predicted octanol–water partition coefficient (Wildman–Crippen LogP) is 2.00. The molecule has 0 spiro atoms. The van der Waals surface area contributed by atoms with Crippen molar-refractivity contribution in [2.75, 3.05) is 26.0 Å². The molecular formula is C18H25BrN2O4S. The molecule has 26 heavy (non-hydrogen) atoms. The zero-order valence-electron chi connectivity index (χ0n) is 15.2. The van der Waals surface area contributed by atoms with Crippen LogP contribution in [0.3, 0.4) is 0 Å². The molecular weight excluding hydrogens is 420 g/mol. The fourth-order valence-corrected chi connectivity index (χ4v) is 4.38. The molecule has 0 saturated heterocycles. The molecule has 0 saturated carbocycles. The van der Waals surface area contributed by atoms with Crippen LogP contribution in [0.2, 0.25) is 0 Å². The highest BCUT2D eigenvalue weighted by atomic mass is 79.9. The van der Waals surface area contributed by atoms with Gasteiger partial charge in [0.15, 0.2) is 0 Å². The number of carbonyl (C=O) groups excluding carboxylic acids is 1. The second kappa shape index (κ2) is 10.7. The van der Waals surface area contributed by atoms with E-state index in [4.69, 9.17) is 11.2 Å². The molecule has 1 atom stereocenters. The van der Waals surface area contributed by atoms with E-state index in [9.17, 15) is 13.2 Å². The summed E-state index contributed by atoms with van der Waals surface area (Å²) in [5.41, 5.74) is 0.780. The molecule has 0 aliphatic carbocycles. The Morgan fingerprint density at radius 3 is 2.46 bits per heavy atom. The first-order valence-electron chi connectivity index (χ1n) is 8.19. The maximum absolute atomic E-state index is 12.9. The van der Waals surface area contributed by atoms with Crippen molar-refractivity contribution in [3.05, 3.63) is 34.3 Å². The third-order valence-corrected chi connectivity index (χ3v) is 6.08. The van der Waals surface area contributed by atoms with Crippen molar-refractivity contribution >= 4 is 31.9 Å². The summed E-state index contributed by atoms with van der Waals surface area (Å²) in [6.07, 6.45) is 5.16. The van der Waals surface area contributed by atoms with Gasteiger partial charge in [0.05, 0.1) is 19.4 Å². The number of ether oxygens (including phenoxy) is 1. The molecule has 0 fully saturated rings. The van der Waals surface area contributed by atoms with E-state index in [-0.39, 0.29) is 31.3 Å². The Labute approximate surface area is 164 Å². The van der Waals surface area contributed by atoms with Gasteiger partial charge in [-0.25, -0.2) is 8.42 Å². The number of nitrogens with zero attached hydrogens (tertiary/aromatic N) is 1. The molecule has 1 aromatic carbocycles. The van der Waals surface area contributed by atoms with E-state index in [2.05, 4.69) is 27.2 Å². The topological polar surface area (TPSA) is 75.7 Å². The minimum atomic E-state index is -3.72. The summed E-state index contributed by atoms with van der Waals surface area (Å²) in [6.45, 7) is 4.16. The number of esters is 1. The number of hydrogen-bond donors (Lipinski definition) is 1. The number of sulfonamides is 1. The molecule has 0 aliphatic heterocycles. The van der Waals surface area contributed by atoms with Crippen LogP contribution in [-0.4, -0.2) is 50.7 Å². The summed E-state index contributed by atoms with van der Waals surface area (Å²) in [6, 6.07) is 6.39. The summed E-state index contributed by atoms with van der Waals surface area (Å²) in [7, 11) is -2.46. The van der Waals surface area contributed by atoms with Crippen molar-refractivity contribution in [3.63, 3.8) is 0 Å². The fraction of sp³-hybridized carbons (Fsp3) is 0.500. The number of benzene rings is 1. The molecule has 0 radical (unpaired) electrons. The first kappa shape index (κ1) is 22.6. The van der Waals surface area contributed by atoms with Crippen LogP contribution in [0, 0.1) is 18.3 Å². The van der Waals surface area contributed by atoms with Gasteiger partial charge >= 0.3 is 5.97 Å². The van der Waals surface area contributed by atoms with E-state index in [1.807, 2.05) is 24.3 Å². The highest BCUT2D eigenvalue weighted by Crippen LogP contribution is 2.21. The third-order valence-electron chi connectivity index (χ3n) is 3.76. The quantitative estimate of drug-likeness (QED) is 0.339. The second-order valence-electron chi connectivity index (χ2n) is 6.08. The monoisotopic (exact) mass is 444 g/mol. The fourth-order valence-electron chi connectivity index (χ4n) is 2.46. The van der Waals surface area contributed by atoms with E-state index in [0.717, 1.165) is 10.0 Å². The van der Waals surface area contributed by atoms with Gasteiger partial charge in [0.2, 0.25) is 10.0 Å². The summed E-state index contributed by atoms with van der Waals surface area (Å²) in [5, 5.41) is 2.86. The lowest BCUT2D eigenvalue weighted by molar-refractivity contribution is -0.146. The Hall–Kier alpha value is -1.40. The molecule has 144 valence electrons. The molecule has 6 nitrogen and oxygen atoms in total. The molecule has 1 rings (SSSR count). The van der Waals surface area contributed by atoms with Crippen LogP contribution >= 0.6 is 15.9 Å². The highest BCUT2D eigenvalue weighted by molar-refractivity contribution is 9.10. The Kier molecular flexibility index (Phi) is 9.30. The Balaban J connectivity index is 3.16. The smallest absolute Gasteiger partial charge is 0.324 e. The van der Waals surface area contributed by atoms with Crippen LogP contribution in [0.5, 0.6) is 0 Å². The molecule has 1 N–H and O–H groups in total. The van der Waals surface area contributed by atoms with E-state index < -0.39 is 22.0 Å². The molecule has 0 amide bonds. The van der Waals surface area contributed by atoms with Crippen molar-refractivity contribution in [1.82, 2.24) is 9.62 Å². The first-order valence-corrected chi connectivity index (χ1v) is 10.6. The summed E-state index contributed by atoms with van der Waals surface area (Å²) >= 11 is 3.36. The summed E-state index contributed by atoms with van der Waals surface area (Å²) in [5.74, 6) is 1.42. The minimum absolute atomic E-state index is 0.0860. The number of nitrogens with one attached hydrogen (secondary N) is 1.